The van der Waals surface area contributed by atoms with E-state index < -0.39 is 0 Å². The van der Waals surface area contributed by atoms with Gasteiger partial charge in [0.1, 0.15) is 0 Å². The number of rotatable bonds is 1. The van der Waals surface area contributed by atoms with Gasteiger partial charge in [-0.25, -0.2) is 0 Å². The van der Waals surface area contributed by atoms with Crippen LogP contribution >= 0.6 is 11.3 Å². The number of nitrogen functional groups attached to an aromatic ring is 1. The third-order valence-corrected chi connectivity index (χ3v) is 3.85. The van der Waals surface area contributed by atoms with Gasteiger partial charge in [-0.3, -0.25) is 4.98 Å². The van der Waals surface area contributed by atoms with Crippen molar-refractivity contribution in [2.75, 3.05) is 5.73 Å². The Labute approximate surface area is 104 Å². The maximum Gasteiger partial charge on any atom is 0.0822 e. The van der Waals surface area contributed by atoms with E-state index in [1.165, 1.54) is 15.6 Å². The molecule has 17 heavy (non-hydrogen) atoms. The first-order valence-electron chi connectivity index (χ1n) is 5.44. The monoisotopic (exact) mass is 240 g/mol. The van der Waals surface area contributed by atoms with Gasteiger partial charge in [-0.1, -0.05) is 17.7 Å². The van der Waals surface area contributed by atoms with Crippen LogP contribution in [0.15, 0.2) is 42.6 Å². The van der Waals surface area contributed by atoms with Crippen LogP contribution in [0.4, 0.5) is 5.69 Å². The number of nitrogens with two attached hydrogens (primary N) is 1. The third-order valence-electron chi connectivity index (χ3n) is 2.71. The molecule has 0 saturated carbocycles. The van der Waals surface area contributed by atoms with E-state index in [0.717, 1.165) is 16.3 Å². The molecule has 0 fully saturated rings. The summed E-state index contributed by atoms with van der Waals surface area (Å²) in [4.78, 5) is 5.52. The highest BCUT2D eigenvalue weighted by Crippen LogP contribution is 2.33. The predicted molar refractivity (Wildman–Crippen MR) is 74.2 cm³/mol. The molecule has 0 radical (unpaired) electrons. The van der Waals surface area contributed by atoms with E-state index in [9.17, 15) is 0 Å². The lowest BCUT2D eigenvalue weighted by Crippen LogP contribution is -1.86. The van der Waals surface area contributed by atoms with Gasteiger partial charge < -0.3 is 5.73 Å². The third kappa shape index (κ3) is 1.89. The van der Waals surface area contributed by atoms with Crippen LogP contribution in [0.2, 0.25) is 0 Å². The summed E-state index contributed by atoms with van der Waals surface area (Å²) in [6.07, 6.45) is 1.75. The highest BCUT2D eigenvalue weighted by atomic mass is 32.1. The quantitative estimate of drug-likeness (QED) is 0.701. The predicted octanol–water partition coefficient (Wildman–Crippen LogP) is 3.85. The summed E-state index contributed by atoms with van der Waals surface area (Å²) in [7, 11) is 0. The van der Waals surface area contributed by atoms with Crippen molar-refractivity contribution in [1.82, 2.24) is 4.98 Å². The first-order valence-corrected chi connectivity index (χ1v) is 6.26. The number of fused-ring (bicyclic) bond motifs is 1. The van der Waals surface area contributed by atoms with Gasteiger partial charge in [-0.05, 0) is 36.6 Å². The van der Waals surface area contributed by atoms with Crippen LogP contribution in [0, 0.1) is 6.92 Å². The van der Waals surface area contributed by atoms with Crippen molar-refractivity contribution in [3.05, 3.63) is 48.2 Å². The Morgan fingerprint density at radius 2 is 2.00 bits per heavy atom. The first kappa shape index (κ1) is 10.3. The lowest BCUT2D eigenvalue weighted by atomic mass is 10.2. The molecule has 84 valence electrons. The van der Waals surface area contributed by atoms with Gasteiger partial charge in [-0.2, -0.15) is 0 Å². The second-order valence-electron chi connectivity index (χ2n) is 4.13. The summed E-state index contributed by atoms with van der Waals surface area (Å²) in [6.45, 7) is 2.11. The van der Waals surface area contributed by atoms with Gasteiger partial charge in [0.2, 0.25) is 0 Å². The number of benzene rings is 1. The van der Waals surface area contributed by atoms with Crippen LogP contribution in [0.1, 0.15) is 5.56 Å². The molecule has 3 aromatic rings. The molecule has 0 aliphatic carbocycles. The Kier molecular flexibility index (Phi) is 2.34. The minimum Gasteiger partial charge on any atom is -0.399 e. The van der Waals surface area contributed by atoms with E-state index in [4.69, 9.17) is 5.73 Å². The van der Waals surface area contributed by atoms with E-state index in [2.05, 4.69) is 36.2 Å². The molecule has 3 rings (SSSR count). The fourth-order valence-electron chi connectivity index (χ4n) is 1.87. The molecular formula is C14H12N2S. The maximum atomic E-state index is 5.78. The first-order chi connectivity index (χ1) is 8.22. The molecule has 2 N–H and O–H groups in total. The summed E-state index contributed by atoms with van der Waals surface area (Å²) in [5.41, 5.74) is 8.76. The van der Waals surface area contributed by atoms with Crippen LogP contribution in [0.25, 0.3) is 20.7 Å². The van der Waals surface area contributed by atoms with Crippen LogP contribution < -0.4 is 5.73 Å². The molecule has 0 aliphatic heterocycles. The van der Waals surface area contributed by atoms with E-state index in [0.29, 0.717) is 0 Å². The number of nitrogens with zero attached hydrogens (tertiary/aromatic N) is 1. The molecule has 0 saturated heterocycles. The summed E-state index contributed by atoms with van der Waals surface area (Å²) >= 11 is 1.75. The number of hydrogen-bond donors (Lipinski definition) is 1. The topological polar surface area (TPSA) is 38.9 Å². The lowest BCUT2D eigenvalue weighted by molar-refractivity contribution is 1.34. The van der Waals surface area contributed by atoms with Crippen LogP contribution in [0.3, 0.4) is 0 Å². The maximum absolute atomic E-state index is 5.78. The van der Waals surface area contributed by atoms with Crippen molar-refractivity contribution in [1.29, 1.82) is 0 Å². The number of hydrogen-bond acceptors (Lipinski definition) is 3. The average Bonchev–Trinajstić information content (AvgIpc) is 2.72. The standard InChI is InChI=1S/C14H12N2S/c1-9-2-3-13-10(6-9)7-14(17-13)12-8-11(15)4-5-16-12/h2-8H,1H3,(H2,15,16). The second-order valence-corrected chi connectivity index (χ2v) is 5.21. The van der Waals surface area contributed by atoms with Crippen molar-refractivity contribution >= 4 is 27.1 Å². The highest BCUT2D eigenvalue weighted by molar-refractivity contribution is 7.22. The SMILES string of the molecule is Cc1ccc2sc(-c3cc(N)ccn3)cc2c1. The van der Waals surface area contributed by atoms with Crippen LogP contribution in [-0.2, 0) is 0 Å². The summed E-state index contributed by atoms with van der Waals surface area (Å²) in [6, 6.07) is 12.4. The van der Waals surface area contributed by atoms with E-state index in [1.807, 2.05) is 6.07 Å². The largest absolute Gasteiger partial charge is 0.399 e. The van der Waals surface area contributed by atoms with Gasteiger partial charge in [0, 0.05) is 16.6 Å². The van der Waals surface area contributed by atoms with Crippen LogP contribution in [0.5, 0.6) is 0 Å². The van der Waals surface area contributed by atoms with Crippen molar-refractivity contribution in [2.45, 2.75) is 6.92 Å². The average molecular weight is 240 g/mol. The van der Waals surface area contributed by atoms with Gasteiger partial charge in [0.25, 0.3) is 0 Å². The number of thiophene rings is 1. The van der Waals surface area contributed by atoms with E-state index in [-0.39, 0.29) is 0 Å². The molecular weight excluding hydrogens is 228 g/mol. The van der Waals surface area contributed by atoms with Gasteiger partial charge in [0.05, 0.1) is 10.6 Å². The Morgan fingerprint density at radius 3 is 2.82 bits per heavy atom. The van der Waals surface area contributed by atoms with Gasteiger partial charge in [-0.15, -0.1) is 11.3 Å². The molecule has 0 unspecified atom stereocenters. The van der Waals surface area contributed by atoms with Crippen molar-refractivity contribution in [3.63, 3.8) is 0 Å². The number of pyridine rings is 1. The Bertz CT molecular complexity index is 686. The minimum absolute atomic E-state index is 0.753. The molecule has 2 nitrogen and oxygen atoms in total. The Morgan fingerprint density at radius 1 is 1.12 bits per heavy atom. The van der Waals surface area contributed by atoms with Gasteiger partial charge in [0.15, 0.2) is 0 Å². The normalized spacial score (nSPS) is 10.9. The molecule has 1 aromatic carbocycles. The van der Waals surface area contributed by atoms with Crippen molar-refractivity contribution < 1.29 is 0 Å². The molecule has 0 atom stereocenters. The molecule has 0 bridgehead atoms. The van der Waals surface area contributed by atoms with E-state index >= 15 is 0 Å². The molecule has 0 spiro atoms. The molecule has 0 amide bonds. The zero-order valence-electron chi connectivity index (χ0n) is 9.47. The molecule has 3 heteroatoms. The van der Waals surface area contributed by atoms with E-state index in [1.54, 1.807) is 23.6 Å². The molecule has 2 heterocycles. The zero-order chi connectivity index (χ0) is 11.8. The lowest BCUT2D eigenvalue weighted by Gasteiger charge is -1.96. The minimum atomic E-state index is 0.753. The second kappa shape index (κ2) is 3.86. The van der Waals surface area contributed by atoms with Gasteiger partial charge >= 0.3 is 0 Å². The van der Waals surface area contributed by atoms with Crippen LogP contribution in [-0.4, -0.2) is 4.98 Å². The summed E-state index contributed by atoms with van der Waals surface area (Å²) < 4.78 is 1.29. The summed E-state index contributed by atoms with van der Waals surface area (Å²) in [5.74, 6) is 0. The van der Waals surface area contributed by atoms with Crippen molar-refractivity contribution in [2.24, 2.45) is 0 Å². The summed E-state index contributed by atoms with van der Waals surface area (Å²) in [5, 5.41) is 1.27. The zero-order valence-corrected chi connectivity index (χ0v) is 10.3. The Balaban J connectivity index is 2.18. The fourth-order valence-corrected chi connectivity index (χ4v) is 2.88. The number of aryl methyl sites for hydroxylation is 1. The fraction of sp³-hybridized carbons (Fsp3) is 0.0714. The Hall–Kier alpha value is -1.87. The number of aromatic nitrogens is 1. The highest BCUT2D eigenvalue weighted by Gasteiger charge is 2.05. The molecule has 0 aliphatic rings. The smallest absolute Gasteiger partial charge is 0.0822 e. The molecule has 2 aromatic heterocycles. The van der Waals surface area contributed by atoms with Crippen molar-refractivity contribution in [3.8, 4) is 10.6 Å². The number of anilines is 1.